The summed E-state index contributed by atoms with van der Waals surface area (Å²) in [6.07, 6.45) is -3.40. The van der Waals surface area contributed by atoms with Crippen LogP contribution in [0, 0.1) is 12.7 Å². The van der Waals surface area contributed by atoms with Crippen molar-refractivity contribution < 1.29 is 31.9 Å². The van der Waals surface area contributed by atoms with Gasteiger partial charge < -0.3 is 15.4 Å². The molecule has 3 aromatic heterocycles. The maximum absolute atomic E-state index is 14.2. The Labute approximate surface area is 227 Å². The van der Waals surface area contributed by atoms with Crippen LogP contribution in [0.4, 0.5) is 23.2 Å². The fourth-order valence-corrected chi connectivity index (χ4v) is 3.98. The zero-order chi connectivity index (χ0) is 28.6. The molecule has 0 unspecified atom stereocenters. The zero-order valence-electron chi connectivity index (χ0n) is 20.4. The number of rotatable bonds is 7. The van der Waals surface area contributed by atoms with Crippen molar-refractivity contribution in [3.8, 4) is 5.82 Å². The van der Waals surface area contributed by atoms with Gasteiger partial charge in [0.05, 0.1) is 41.2 Å². The number of anilines is 1. The topological polar surface area (TPSA) is 142 Å². The predicted octanol–water partition coefficient (Wildman–Crippen LogP) is 2.80. The number of carbonyl (C=O) groups is 2. The normalized spacial score (nSPS) is 13.7. The number of amides is 2. The third-order valence-corrected chi connectivity index (χ3v) is 5.99. The van der Waals surface area contributed by atoms with E-state index in [9.17, 15) is 27.2 Å². The van der Waals surface area contributed by atoms with Gasteiger partial charge in [-0.05, 0) is 48.0 Å². The maximum Gasteiger partial charge on any atom is 0.455 e. The first-order valence-corrected chi connectivity index (χ1v) is 11.9. The summed E-state index contributed by atoms with van der Waals surface area (Å²) >= 11 is 6.27. The number of benzene rings is 1. The van der Waals surface area contributed by atoms with Crippen LogP contribution in [0.15, 0.2) is 36.5 Å². The van der Waals surface area contributed by atoms with Crippen LogP contribution < -0.4 is 10.6 Å². The fourth-order valence-electron chi connectivity index (χ4n) is 3.78. The highest BCUT2D eigenvalue weighted by molar-refractivity contribution is 6.32. The Kier molecular flexibility index (Phi) is 7.20. The van der Waals surface area contributed by atoms with Gasteiger partial charge in [0.2, 0.25) is 0 Å². The number of nitrogens with one attached hydrogen (secondary N) is 2. The Morgan fingerprint density at radius 2 is 1.95 bits per heavy atom. The van der Waals surface area contributed by atoms with Crippen LogP contribution in [-0.4, -0.2) is 66.0 Å². The Bertz CT molecular complexity index is 1600. The van der Waals surface area contributed by atoms with E-state index in [4.69, 9.17) is 16.3 Å². The van der Waals surface area contributed by atoms with Gasteiger partial charge in [-0.1, -0.05) is 11.6 Å². The van der Waals surface area contributed by atoms with Crippen molar-refractivity contribution in [2.75, 3.05) is 18.5 Å². The second kappa shape index (κ2) is 10.6. The van der Waals surface area contributed by atoms with Crippen LogP contribution in [-0.2, 0) is 17.5 Å². The minimum absolute atomic E-state index is 0.0401. The van der Waals surface area contributed by atoms with E-state index in [0.717, 1.165) is 16.8 Å². The molecule has 2 amide bonds. The molecule has 0 aliphatic carbocycles. The number of halogens is 5. The van der Waals surface area contributed by atoms with Crippen molar-refractivity contribution in [3.05, 3.63) is 75.7 Å². The van der Waals surface area contributed by atoms with E-state index in [2.05, 4.69) is 36.1 Å². The Morgan fingerprint density at radius 3 is 2.60 bits per heavy atom. The van der Waals surface area contributed by atoms with E-state index < -0.39 is 29.6 Å². The van der Waals surface area contributed by atoms with Crippen molar-refractivity contribution in [1.29, 1.82) is 0 Å². The van der Waals surface area contributed by atoms with E-state index >= 15 is 0 Å². The average Bonchev–Trinajstić information content (AvgIpc) is 3.51. The maximum atomic E-state index is 14.2. The number of ether oxygens (including phenoxy) is 1. The van der Waals surface area contributed by atoms with Gasteiger partial charge in [-0.25, -0.2) is 14.1 Å². The molecular weight excluding hydrogens is 562 g/mol. The highest BCUT2D eigenvalue weighted by Gasteiger charge is 2.37. The Morgan fingerprint density at radius 1 is 1.18 bits per heavy atom. The molecule has 5 rings (SSSR count). The van der Waals surface area contributed by atoms with Crippen molar-refractivity contribution in [2.45, 2.75) is 25.7 Å². The van der Waals surface area contributed by atoms with Gasteiger partial charge in [-0.3, -0.25) is 9.59 Å². The first kappa shape index (κ1) is 27.1. The molecule has 1 aliphatic heterocycles. The second-order valence-electron chi connectivity index (χ2n) is 8.69. The molecule has 0 radical (unpaired) electrons. The molecule has 1 aromatic carbocycles. The number of alkyl halides is 3. The van der Waals surface area contributed by atoms with E-state index in [1.807, 2.05) is 0 Å². The zero-order valence-corrected chi connectivity index (χ0v) is 21.2. The number of hydrogen-bond acceptors (Lipinski definition) is 8. The number of pyridine rings is 1. The molecule has 12 nitrogen and oxygen atoms in total. The van der Waals surface area contributed by atoms with Gasteiger partial charge in [0.1, 0.15) is 18.1 Å². The predicted molar refractivity (Wildman–Crippen MR) is 129 cm³/mol. The highest BCUT2D eigenvalue weighted by Crippen LogP contribution is 2.27. The smallest absolute Gasteiger partial charge is 0.377 e. The van der Waals surface area contributed by atoms with Crippen molar-refractivity contribution in [3.63, 3.8) is 0 Å². The monoisotopic (exact) mass is 579 g/mol. The van der Waals surface area contributed by atoms with Crippen molar-refractivity contribution in [2.24, 2.45) is 0 Å². The van der Waals surface area contributed by atoms with E-state index in [-0.39, 0.29) is 51.6 Å². The molecule has 40 heavy (non-hydrogen) atoms. The van der Waals surface area contributed by atoms with Gasteiger partial charge in [0.15, 0.2) is 5.82 Å². The molecule has 1 aliphatic rings. The summed E-state index contributed by atoms with van der Waals surface area (Å²) in [6, 6.07) is 6.20. The molecule has 2 N–H and O–H groups in total. The summed E-state index contributed by atoms with van der Waals surface area (Å²) in [4.78, 5) is 31.2. The lowest BCUT2D eigenvalue weighted by atomic mass is 10.1. The summed E-state index contributed by atoms with van der Waals surface area (Å²) in [5.41, 5.74) is 0.104. The molecule has 1 saturated heterocycles. The third kappa shape index (κ3) is 5.62. The Balaban J connectivity index is 1.50. The van der Waals surface area contributed by atoms with Crippen LogP contribution in [0.25, 0.3) is 5.82 Å². The van der Waals surface area contributed by atoms with Gasteiger partial charge in [0.25, 0.3) is 17.6 Å². The molecular formula is C23H18ClF4N9O3. The highest BCUT2D eigenvalue weighted by atomic mass is 35.5. The van der Waals surface area contributed by atoms with Gasteiger partial charge in [-0.2, -0.15) is 23.1 Å². The van der Waals surface area contributed by atoms with Gasteiger partial charge in [-0.15, -0.1) is 10.2 Å². The average molecular weight is 580 g/mol. The second-order valence-corrected chi connectivity index (χ2v) is 9.10. The quantitative estimate of drug-likeness (QED) is 0.318. The number of nitrogens with zero attached hydrogens (tertiary/aromatic N) is 7. The number of tetrazole rings is 1. The minimum Gasteiger partial charge on any atom is -0.377 e. The number of aromatic nitrogens is 7. The lowest BCUT2D eigenvalue weighted by Crippen LogP contribution is -2.48. The molecule has 17 heteroatoms. The molecule has 1 fully saturated rings. The number of carbonyl (C=O) groups excluding carboxylic acids is 2. The Hall–Kier alpha value is -4.44. The van der Waals surface area contributed by atoms with Crippen molar-refractivity contribution in [1.82, 2.24) is 40.3 Å². The van der Waals surface area contributed by atoms with E-state index in [0.29, 0.717) is 18.0 Å². The van der Waals surface area contributed by atoms with Crippen LogP contribution in [0.1, 0.15) is 37.9 Å². The summed E-state index contributed by atoms with van der Waals surface area (Å²) < 4.78 is 59.0. The van der Waals surface area contributed by atoms with Crippen LogP contribution in [0.3, 0.4) is 0 Å². The molecule has 4 aromatic rings. The van der Waals surface area contributed by atoms with Crippen LogP contribution in [0.2, 0.25) is 5.02 Å². The largest absolute Gasteiger partial charge is 0.455 e. The molecule has 0 saturated carbocycles. The van der Waals surface area contributed by atoms with E-state index in [1.165, 1.54) is 25.3 Å². The first-order chi connectivity index (χ1) is 19.0. The molecule has 0 spiro atoms. The minimum atomic E-state index is -4.80. The number of hydrogen-bond donors (Lipinski definition) is 2. The fraction of sp³-hybridized carbons (Fsp3) is 0.261. The molecule has 0 bridgehead atoms. The standard InChI is InChI=1S/C23H18ClF4N9O3/c1-11-5-12(25)6-15(20(38)30-14-9-40-10-14)18(11)31-21(39)17-7-13(8-36-34-22(32-35-36)23(26,27)28)33-37(17)19-16(24)3-2-4-29-19/h2-7,14H,8-10H2,1H3,(H,30,38)(H,31,39). The SMILES string of the molecule is Cc1cc(F)cc(C(=O)NC2COC2)c1NC(=O)c1cc(Cn2nnc(C(F)(F)F)n2)nn1-c1ncccc1Cl. The van der Waals surface area contributed by atoms with E-state index in [1.54, 1.807) is 6.07 Å². The lowest BCUT2D eigenvalue weighted by Gasteiger charge is -2.27. The van der Waals surface area contributed by atoms with Crippen molar-refractivity contribution >= 4 is 29.1 Å². The number of aryl methyl sites for hydroxylation is 1. The van der Waals surface area contributed by atoms with Gasteiger partial charge >= 0.3 is 6.18 Å². The summed E-state index contributed by atoms with van der Waals surface area (Å²) in [5, 5.41) is 19.4. The van der Waals surface area contributed by atoms with Gasteiger partial charge in [0, 0.05) is 6.20 Å². The summed E-state index contributed by atoms with van der Waals surface area (Å²) in [7, 11) is 0. The molecule has 4 heterocycles. The third-order valence-electron chi connectivity index (χ3n) is 5.70. The molecule has 0 atom stereocenters. The summed E-state index contributed by atoms with van der Waals surface area (Å²) in [6.45, 7) is 1.74. The first-order valence-electron chi connectivity index (χ1n) is 11.5. The summed E-state index contributed by atoms with van der Waals surface area (Å²) in [5.74, 6) is -3.49. The van der Waals surface area contributed by atoms with Crippen LogP contribution in [0.5, 0.6) is 0 Å². The molecule has 208 valence electrons. The van der Waals surface area contributed by atoms with Crippen LogP contribution >= 0.6 is 11.6 Å². The lowest BCUT2D eigenvalue weighted by molar-refractivity contribution is -0.145.